The highest BCUT2D eigenvalue weighted by Crippen LogP contribution is 2.26. The van der Waals surface area contributed by atoms with E-state index in [9.17, 15) is 14.0 Å². The van der Waals surface area contributed by atoms with Crippen LogP contribution in [0.1, 0.15) is 44.3 Å². The molecule has 21 heavy (non-hydrogen) atoms. The molecule has 2 heterocycles. The van der Waals surface area contributed by atoms with E-state index >= 15 is 0 Å². The third-order valence-electron chi connectivity index (χ3n) is 3.51. The fourth-order valence-corrected chi connectivity index (χ4v) is 2.14. The van der Waals surface area contributed by atoms with Gasteiger partial charge in [0.05, 0.1) is 6.54 Å². The molecule has 1 aliphatic heterocycles. The van der Waals surface area contributed by atoms with Crippen molar-refractivity contribution in [1.29, 1.82) is 0 Å². The topological polar surface area (TPSA) is 96.5 Å². The normalized spacial score (nSPS) is 22.0. The van der Waals surface area contributed by atoms with Crippen LogP contribution in [-0.4, -0.2) is 50.8 Å². The van der Waals surface area contributed by atoms with Gasteiger partial charge in [0.25, 0.3) is 0 Å². The summed E-state index contributed by atoms with van der Waals surface area (Å²) in [6.45, 7) is 3.57. The van der Waals surface area contributed by atoms with E-state index in [1.807, 2.05) is 13.8 Å². The molecule has 0 saturated carbocycles. The number of carbonyl (C=O) groups excluding carboxylic acids is 1. The molecule has 0 radical (unpaired) electrons. The van der Waals surface area contributed by atoms with Gasteiger partial charge in [-0.1, -0.05) is 19.0 Å². The van der Waals surface area contributed by atoms with Gasteiger partial charge in [0.1, 0.15) is 0 Å². The first kappa shape index (κ1) is 15.4. The molecule has 0 aromatic carbocycles. The van der Waals surface area contributed by atoms with Crippen molar-refractivity contribution < 1.29 is 23.6 Å². The Morgan fingerprint density at radius 1 is 1.52 bits per heavy atom. The minimum Gasteiger partial charge on any atom is -0.479 e. The van der Waals surface area contributed by atoms with Crippen molar-refractivity contribution in [3.05, 3.63) is 11.7 Å². The van der Waals surface area contributed by atoms with Crippen molar-refractivity contribution in [2.75, 3.05) is 13.1 Å². The van der Waals surface area contributed by atoms with Crippen LogP contribution in [0.25, 0.3) is 0 Å². The summed E-state index contributed by atoms with van der Waals surface area (Å²) >= 11 is 0. The van der Waals surface area contributed by atoms with E-state index in [0.29, 0.717) is 11.7 Å². The highest BCUT2D eigenvalue weighted by Gasteiger charge is 2.46. The molecule has 0 aliphatic carbocycles. The Morgan fingerprint density at radius 2 is 2.24 bits per heavy atom. The van der Waals surface area contributed by atoms with Gasteiger partial charge in [-0.05, 0) is 0 Å². The number of aliphatic carboxylic acids is 1. The number of aryl methyl sites for hydroxylation is 1. The second-order valence-electron chi connectivity index (χ2n) is 5.54. The van der Waals surface area contributed by atoms with Crippen molar-refractivity contribution in [2.45, 2.75) is 44.7 Å². The first-order chi connectivity index (χ1) is 9.82. The zero-order chi connectivity index (χ0) is 15.6. The Kier molecular flexibility index (Phi) is 4.24. The summed E-state index contributed by atoms with van der Waals surface area (Å²) in [6.07, 6.45) is 0.183. The van der Waals surface area contributed by atoms with E-state index < -0.39 is 18.2 Å². The van der Waals surface area contributed by atoms with Crippen LogP contribution in [0, 0.1) is 0 Å². The quantitative estimate of drug-likeness (QED) is 0.876. The van der Waals surface area contributed by atoms with Gasteiger partial charge in [-0.3, -0.25) is 4.79 Å². The lowest BCUT2D eigenvalue weighted by molar-refractivity contribution is -0.150. The molecule has 7 nitrogen and oxygen atoms in total. The van der Waals surface area contributed by atoms with Crippen molar-refractivity contribution in [2.24, 2.45) is 0 Å². The molecule has 1 aliphatic rings. The number of hydrogen-bond donors (Lipinski definition) is 1. The summed E-state index contributed by atoms with van der Waals surface area (Å²) in [4.78, 5) is 28.1. The zero-order valence-electron chi connectivity index (χ0n) is 12.0. The largest absolute Gasteiger partial charge is 0.479 e. The predicted octanol–water partition coefficient (Wildman–Crippen LogP) is 1.15. The molecule has 2 rings (SSSR count). The van der Waals surface area contributed by atoms with E-state index in [-0.39, 0.29) is 37.6 Å². The molecule has 0 spiro atoms. The molecule has 1 unspecified atom stereocenters. The standard InChI is InChI=1S/C13H18FN3O4/c1-8(2)11-15-9(21-16-11)3-4-10(18)17-6-5-13(14,7-17)12(19)20/h8H,3-7H2,1-2H3,(H,19,20). The number of likely N-dealkylation sites (tertiary alicyclic amines) is 1. The lowest BCUT2D eigenvalue weighted by atomic mass is 10.1. The monoisotopic (exact) mass is 299 g/mol. The fourth-order valence-electron chi connectivity index (χ4n) is 2.14. The van der Waals surface area contributed by atoms with E-state index in [1.54, 1.807) is 0 Å². The molecule has 1 fully saturated rings. The van der Waals surface area contributed by atoms with Crippen LogP contribution in [0.2, 0.25) is 0 Å². The molecular weight excluding hydrogens is 281 g/mol. The maximum Gasteiger partial charge on any atom is 0.343 e. The number of carbonyl (C=O) groups is 2. The molecule has 1 saturated heterocycles. The van der Waals surface area contributed by atoms with Gasteiger partial charge >= 0.3 is 5.97 Å². The van der Waals surface area contributed by atoms with Crippen molar-refractivity contribution in [3.63, 3.8) is 0 Å². The van der Waals surface area contributed by atoms with Gasteiger partial charge in [0.15, 0.2) is 5.82 Å². The number of nitrogens with zero attached hydrogens (tertiary/aromatic N) is 3. The maximum atomic E-state index is 13.9. The van der Waals surface area contributed by atoms with Gasteiger partial charge in [-0.15, -0.1) is 0 Å². The minimum atomic E-state index is -2.33. The number of halogens is 1. The third kappa shape index (κ3) is 3.37. The Morgan fingerprint density at radius 3 is 2.76 bits per heavy atom. The molecule has 0 bridgehead atoms. The van der Waals surface area contributed by atoms with Crippen molar-refractivity contribution >= 4 is 11.9 Å². The number of carboxylic acid groups (broad SMARTS) is 1. The number of alkyl halides is 1. The Balaban J connectivity index is 1.86. The Hall–Kier alpha value is -1.99. The van der Waals surface area contributed by atoms with Crippen LogP contribution in [0.15, 0.2) is 4.52 Å². The van der Waals surface area contributed by atoms with Gasteiger partial charge in [0, 0.05) is 31.7 Å². The zero-order valence-corrected chi connectivity index (χ0v) is 12.0. The fraction of sp³-hybridized carbons (Fsp3) is 0.692. The third-order valence-corrected chi connectivity index (χ3v) is 3.51. The minimum absolute atomic E-state index is 0.0927. The lowest BCUT2D eigenvalue weighted by Gasteiger charge is -2.17. The van der Waals surface area contributed by atoms with E-state index in [2.05, 4.69) is 10.1 Å². The van der Waals surface area contributed by atoms with Crippen LogP contribution in [0.5, 0.6) is 0 Å². The first-order valence-electron chi connectivity index (χ1n) is 6.84. The number of amides is 1. The van der Waals surface area contributed by atoms with E-state index in [0.717, 1.165) is 0 Å². The highest BCUT2D eigenvalue weighted by atomic mass is 19.1. The van der Waals surface area contributed by atoms with E-state index in [4.69, 9.17) is 9.63 Å². The highest BCUT2D eigenvalue weighted by molar-refractivity contribution is 5.82. The molecule has 1 aromatic heterocycles. The second kappa shape index (κ2) is 5.79. The summed E-state index contributed by atoms with van der Waals surface area (Å²) in [6, 6.07) is 0. The van der Waals surface area contributed by atoms with Gasteiger partial charge in [0.2, 0.25) is 17.5 Å². The maximum absolute atomic E-state index is 13.9. The number of aromatic nitrogens is 2. The summed E-state index contributed by atoms with van der Waals surface area (Å²) in [7, 11) is 0. The second-order valence-corrected chi connectivity index (χ2v) is 5.54. The molecular formula is C13H18FN3O4. The summed E-state index contributed by atoms with van der Waals surface area (Å²) in [5.41, 5.74) is -2.33. The predicted molar refractivity (Wildman–Crippen MR) is 69.4 cm³/mol. The molecule has 8 heteroatoms. The number of hydrogen-bond acceptors (Lipinski definition) is 5. The van der Waals surface area contributed by atoms with Gasteiger partial charge in [-0.25, -0.2) is 9.18 Å². The summed E-state index contributed by atoms with van der Waals surface area (Å²) in [5.74, 6) is -0.751. The van der Waals surface area contributed by atoms with E-state index in [1.165, 1.54) is 4.90 Å². The Bertz CT molecular complexity index is 545. The molecule has 116 valence electrons. The molecule has 1 atom stereocenters. The lowest BCUT2D eigenvalue weighted by Crippen LogP contribution is -2.38. The Labute approximate surface area is 121 Å². The van der Waals surface area contributed by atoms with Crippen molar-refractivity contribution in [3.8, 4) is 0 Å². The molecule has 1 aromatic rings. The van der Waals surface area contributed by atoms with Gasteiger partial charge < -0.3 is 14.5 Å². The summed E-state index contributed by atoms with van der Waals surface area (Å²) < 4.78 is 18.9. The first-order valence-corrected chi connectivity index (χ1v) is 6.84. The summed E-state index contributed by atoms with van der Waals surface area (Å²) in [5, 5.41) is 12.6. The van der Waals surface area contributed by atoms with Crippen molar-refractivity contribution in [1.82, 2.24) is 15.0 Å². The van der Waals surface area contributed by atoms with Crippen LogP contribution in [0.3, 0.4) is 0 Å². The number of rotatable bonds is 5. The van der Waals surface area contributed by atoms with Crippen LogP contribution < -0.4 is 0 Å². The van der Waals surface area contributed by atoms with Crippen LogP contribution >= 0.6 is 0 Å². The molecule has 1 N–H and O–H groups in total. The average Bonchev–Trinajstić information content (AvgIpc) is 3.03. The SMILES string of the molecule is CC(C)c1noc(CCC(=O)N2CCC(F)(C(=O)O)C2)n1. The van der Waals surface area contributed by atoms with Crippen LogP contribution in [-0.2, 0) is 16.0 Å². The van der Waals surface area contributed by atoms with Crippen LogP contribution in [0.4, 0.5) is 4.39 Å². The average molecular weight is 299 g/mol. The van der Waals surface area contributed by atoms with Gasteiger partial charge in [-0.2, -0.15) is 4.98 Å². The smallest absolute Gasteiger partial charge is 0.343 e. The number of carboxylic acids is 1. The molecule has 1 amide bonds.